The summed E-state index contributed by atoms with van der Waals surface area (Å²) in [6.45, 7) is 2.26. The fourth-order valence-corrected chi connectivity index (χ4v) is 2.48. The lowest BCUT2D eigenvalue weighted by Crippen LogP contribution is -1.80. The van der Waals surface area contributed by atoms with Gasteiger partial charge < -0.3 is 0 Å². The molecule has 0 spiro atoms. The highest BCUT2D eigenvalue weighted by Gasteiger charge is 1.91. The van der Waals surface area contributed by atoms with Gasteiger partial charge in [0.15, 0.2) is 0 Å². The summed E-state index contributed by atoms with van der Waals surface area (Å²) in [6.07, 6.45) is 27.7. The molecule has 0 aliphatic carbocycles. The second kappa shape index (κ2) is 19.1. The van der Waals surface area contributed by atoms with Crippen molar-refractivity contribution in [3.63, 3.8) is 0 Å². The molecule has 0 aliphatic heterocycles. The number of aldehydes is 1. The number of allylic oxidation sites excluding steroid dienone is 4. The Labute approximate surface area is 132 Å². The maximum atomic E-state index is 10.1. The monoisotopic (exact) mass is 292 g/mol. The molecule has 122 valence electrons. The van der Waals surface area contributed by atoms with Crippen LogP contribution in [0, 0.1) is 0 Å². The van der Waals surface area contributed by atoms with Crippen LogP contribution in [0.1, 0.15) is 96.8 Å². The van der Waals surface area contributed by atoms with E-state index < -0.39 is 0 Å². The molecule has 0 unspecified atom stereocenters. The van der Waals surface area contributed by atoms with Gasteiger partial charge in [0.1, 0.15) is 6.29 Å². The summed E-state index contributed by atoms with van der Waals surface area (Å²) < 4.78 is 0. The van der Waals surface area contributed by atoms with E-state index >= 15 is 0 Å². The number of rotatable bonds is 16. The van der Waals surface area contributed by atoms with E-state index in [1.165, 1.54) is 83.5 Å². The summed E-state index contributed by atoms with van der Waals surface area (Å²) in [7, 11) is 0. The van der Waals surface area contributed by atoms with Gasteiger partial charge in [-0.05, 0) is 44.6 Å². The van der Waals surface area contributed by atoms with Crippen LogP contribution in [0.4, 0.5) is 0 Å². The van der Waals surface area contributed by atoms with Crippen molar-refractivity contribution in [2.24, 2.45) is 0 Å². The molecule has 0 aromatic rings. The van der Waals surface area contributed by atoms with E-state index in [1.54, 1.807) is 6.08 Å². The first-order valence-electron chi connectivity index (χ1n) is 9.17. The zero-order chi connectivity index (χ0) is 15.4. The van der Waals surface area contributed by atoms with Gasteiger partial charge >= 0.3 is 0 Å². The second-order valence-corrected chi connectivity index (χ2v) is 5.94. The van der Waals surface area contributed by atoms with Crippen LogP contribution in [0.25, 0.3) is 0 Å². The average molecular weight is 293 g/mol. The van der Waals surface area contributed by atoms with Crippen molar-refractivity contribution >= 4 is 6.29 Å². The van der Waals surface area contributed by atoms with Crippen LogP contribution >= 0.6 is 0 Å². The Balaban J connectivity index is 3.06. The third kappa shape index (κ3) is 19.1. The van der Waals surface area contributed by atoms with E-state index in [2.05, 4.69) is 19.1 Å². The Hall–Kier alpha value is -0.850. The first-order valence-corrected chi connectivity index (χ1v) is 9.17. The van der Waals surface area contributed by atoms with E-state index in [1.807, 2.05) is 6.08 Å². The van der Waals surface area contributed by atoms with Gasteiger partial charge in [-0.25, -0.2) is 0 Å². The Morgan fingerprint density at radius 3 is 1.48 bits per heavy atom. The van der Waals surface area contributed by atoms with Crippen molar-refractivity contribution in [2.75, 3.05) is 0 Å². The Morgan fingerprint density at radius 1 is 0.571 bits per heavy atom. The predicted octanol–water partition coefficient (Wildman–Crippen LogP) is 6.78. The molecule has 0 aromatic carbocycles. The molecule has 1 heteroatoms. The molecule has 0 bridgehead atoms. The summed E-state index contributed by atoms with van der Waals surface area (Å²) >= 11 is 0. The van der Waals surface area contributed by atoms with Crippen LogP contribution in [0.15, 0.2) is 24.3 Å². The molecule has 0 N–H and O–H groups in total. The van der Waals surface area contributed by atoms with Crippen molar-refractivity contribution in [1.29, 1.82) is 0 Å². The maximum absolute atomic E-state index is 10.1. The lowest BCUT2D eigenvalue weighted by Gasteiger charge is -2.00. The van der Waals surface area contributed by atoms with Crippen molar-refractivity contribution in [1.82, 2.24) is 0 Å². The minimum atomic E-state index is 0.861. The summed E-state index contributed by atoms with van der Waals surface area (Å²) in [4.78, 5) is 10.1. The van der Waals surface area contributed by atoms with E-state index in [0.29, 0.717) is 0 Å². The van der Waals surface area contributed by atoms with E-state index in [0.717, 1.165) is 12.7 Å². The molecule has 0 aliphatic rings. The molecule has 0 saturated heterocycles. The molecular formula is C20H36O. The molecule has 0 radical (unpaired) electrons. The zero-order valence-corrected chi connectivity index (χ0v) is 14.2. The summed E-state index contributed by atoms with van der Waals surface area (Å²) in [5, 5.41) is 0. The van der Waals surface area contributed by atoms with Gasteiger partial charge in [-0.3, -0.25) is 4.79 Å². The van der Waals surface area contributed by atoms with Gasteiger partial charge in [0.25, 0.3) is 0 Å². The molecule has 0 saturated carbocycles. The number of carbonyl (C=O) groups is 1. The van der Waals surface area contributed by atoms with Crippen LogP contribution in [0.5, 0.6) is 0 Å². The van der Waals surface area contributed by atoms with Crippen LogP contribution < -0.4 is 0 Å². The Bertz CT molecular complexity index is 253. The number of hydrogen-bond donors (Lipinski definition) is 0. The number of unbranched alkanes of at least 4 members (excludes halogenated alkanes) is 12. The molecule has 0 atom stereocenters. The molecule has 0 fully saturated rings. The average Bonchev–Trinajstić information content (AvgIpc) is 2.50. The first-order chi connectivity index (χ1) is 10.4. The lowest BCUT2D eigenvalue weighted by molar-refractivity contribution is -0.104. The quantitative estimate of drug-likeness (QED) is 0.133. The van der Waals surface area contributed by atoms with E-state index in [-0.39, 0.29) is 0 Å². The zero-order valence-electron chi connectivity index (χ0n) is 14.2. The van der Waals surface area contributed by atoms with Crippen LogP contribution in [-0.4, -0.2) is 6.29 Å². The lowest BCUT2D eigenvalue weighted by atomic mass is 10.1. The first kappa shape index (κ1) is 20.1. The van der Waals surface area contributed by atoms with Crippen LogP contribution in [0.3, 0.4) is 0 Å². The highest BCUT2D eigenvalue weighted by molar-refractivity contribution is 5.64. The molecule has 21 heavy (non-hydrogen) atoms. The number of carbonyl (C=O) groups excluding carboxylic acids is 1. The smallest absolute Gasteiger partial charge is 0.142 e. The Morgan fingerprint density at radius 2 is 1.00 bits per heavy atom. The second-order valence-electron chi connectivity index (χ2n) is 5.94. The van der Waals surface area contributed by atoms with Crippen molar-refractivity contribution < 1.29 is 4.79 Å². The third-order valence-corrected chi connectivity index (χ3v) is 3.85. The van der Waals surface area contributed by atoms with Crippen LogP contribution in [0.2, 0.25) is 0 Å². The van der Waals surface area contributed by atoms with Crippen molar-refractivity contribution in [3.05, 3.63) is 24.3 Å². The van der Waals surface area contributed by atoms with E-state index in [9.17, 15) is 4.79 Å². The van der Waals surface area contributed by atoms with Gasteiger partial charge in [-0.2, -0.15) is 0 Å². The Kier molecular flexibility index (Phi) is 18.4. The topological polar surface area (TPSA) is 17.1 Å². The van der Waals surface area contributed by atoms with Gasteiger partial charge in [-0.15, -0.1) is 0 Å². The maximum Gasteiger partial charge on any atom is 0.142 e. The summed E-state index contributed by atoms with van der Waals surface area (Å²) in [5.74, 6) is 0. The van der Waals surface area contributed by atoms with E-state index in [4.69, 9.17) is 0 Å². The fourth-order valence-electron chi connectivity index (χ4n) is 2.48. The highest BCUT2D eigenvalue weighted by Crippen LogP contribution is 2.10. The summed E-state index contributed by atoms with van der Waals surface area (Å²) in [6, 6.07) is 0. The minimum absolute atomic E-state index is 0.861. The molecule has 1 nitrogen and oxygen atoms in total. The third-order valence-electron chi connectivity index (χ3n) is 3.85. The molecule has 0 aromatic heterocycles. The number of hydrogen-bond acceptors (Lipinski definition) is 1. The molecule has 0 amide bonds. The fraction of sp³-hybridized carbons (Fsp3) is 0.750. The molecular weight excluding hydrogens is 256 g/mol. The van der Waals surface area contributed by atoms with Gasteiger partial charge in [-0.1, -0.05) is 76.5 Å². The van der Waals surface area contributed by atoms with Gasteiger partial charge in [0.2, 0.25) is 0 Å². The molecule has 0 heterocycles. The van der Waals surface area contributed by atoms with Gasteiger partial charge in [0.05, 0.1) is 0 Å². The molecule has 0 rings (SSSR count). The van der Waals surface area contributed by atoms with Crippen LogP contribution in [-0.2, 0) is 4.79 Å². The minimum Gasteiger partial charge on any atom is -0.299 e. The van der Waals surface area contributed by atoms with Crippen molar-refractivity contribution in [2.45, 2.75) is 96.8 Å². The van der Waals surface area contributed by atoms with Crippen molar-refractivity contribution in [3.8, 4) is 0 Å². The standard InChI is InChI=1S/C20H36O/c1-2-3-4-5-6-7-8-9-10-11-12-13-14-15-16-17-18-19-20-21/h7-8,18-20H,2-6,9-17H2,1H3/b8-7+,19-18+. The SMILES string of the molecule is CCCCCC/C=C/CCCCCCCCC/C=C/C=O. The normalized spacial score (nSPS) is 11.7. The largest absolute Gasteiger partial charge is 0.299 e. The summed E-state index contributed by atoms with van der Waals surface area (Å²) in [5.41, 5.74) is 0. The van der Waals surface area contributed by atoms with Gasteiger partial charge in [0, 0.05) is 0 Å². The highest BCUT2D eigenvalue weighted by atomic mass is 16.1. The predicted molar refractivity (Wildman–Crippen MR) is 94.7 cm³/mol.